The van der Waals surface area contributed by atoms with Gasteiger partial charge in [0.2, 0.25) is 0 Å². The number of esters is 1. The molecule has 4 aromatic heterocycles. The number of fused-ring (bicyclic) bond motifs is 2. The van der Waals surface area contributed by atoms with E-state index in [1.54, 1.807) is 59.9 Å². The molecule has 0 atom stereocenters. The molecule has 0 spiro atoms. The predicted octanol–water partition coefficient (Wildman–Crippen LogP) is 6.85. The molecular formula is C37H36N6O7S2. The van der Waals surface area contributed by atoms with Gasteiger partial charge < -0.3 is 33.5 Å². The second kappa shape index (κ2) is 16.4. The number of anilines is 2. The fourth-order valence-electron chi connectivity index (χ4n) is 5.74. The summed E-state index contributed by atoms with van der Waals surface area (Å²) in [4.78, 5) is 46.2. The first kappa shape index (κ1) is 35.2. The Labute approximate surface area is 307 Å². The maximum atomic E-state index is 11.6. The molecular weight excluding hydrogens is 705 g/mol. The summed E-state index contributed by atoms with van der Waals surface area (Å²) in [5.74, 6) is 3.62. The second-order valence-electron chi connectivity index (χ2n) is 11.6. The van der Waals surface area contributed by atoms with Crippen LogP contribution >= 0.6 is 22.7 Å². The maximum absolute atomic E-state index is 11.6. The molecule has 268 valence electrons. The van der Waals surface area contributed by atoms with Crippen molar-refractivity contribution >= 4 is 66.9 Å². The van der Waals surface area contributed by atoms with Crippen LogP contribution in [0.15, 0.2) is 71.4 Å². The lowest BCUT2D eigenvalue weighted by Crippen LogP contribution is -2.36. The third-order valence-electron chi connectivity index (χ3n) is 8.10. The minimum atomic E-state index is -0.724. The summed E-state index contributed by atoms with van der Waals surface area (Å²) >= 11 is 3.28. The van der Waals surface area contributed by atoms with E-state index >= 15 is 0 Å². The van der Waals surface area contributed by atoms with E-state index in [2.05, 4.69) is 19.8 Å². The first-order valence-electron chi connectivity index (χ1n) is 16.8. The Kier molecular flexibility index (Phi) is 11.1. The van der Waals surface area contributed by atoms with Crippen LogP contribution in [0.1, 0.15) is 13.8 Å². The van der Waals surface area contributed by atoms with Crippen LogP contribution in [-0.4, -0.2) is 91.3 Å². The van der Waals surface area contributed by atoms with Gasteiger partial charge in [0.05, 0.1) is 53.5 Å². The molecule has 0 aliphatic carbocycles. The minimum Gasteiger partial charge on any atom is -0.434 e. The summed E-state index contributed by atoms with van der Waals surface area (Å²) < 4.78 is 28.3. The monoisotopic (exact) mass is 740 g/mol. The number of rotatable bonds is 7. The van der Waals surface area contributed by atoms with Crippen LogP contribution in [0.3, 0.4) is 0 Å². The lowest BCUT2D eigenvalue weighted by atomic mass is 10.2. The van der Waals surface area contributed by atoms with E-state index in [1.165, 1.54) is 6.92 Å². The van der Waals surface area contributed by atoms with Gasteiger partial charge in [-0.2, -0.15) is 0 Å². The number of morpholine rings is 2. The van der Waals surface area contributed by atoms with Crippen molar-refractivity contribution in [2.75, 3.05) is 69.0 Å². The summed E-state index contributed by atoms with van der Waals surface area (Å²) in [7, 11) is 0. The summed E-state index contributed by atoms with van der Waals surface area (Å²) in [5.41, 5.74) is 3.43. The number of ether oxygens (including phenoxy) is 5. The van der Waals surface area contributed by atoms with Crippen LogP contribution in [0.5, 0.6) is 11.5 Å². The summed E-state index contributed by atoms with van der Waals surface area (Å²) in [6.07, 6.45) is -0.724. The third kappa shape index (κ3) is 8.29. The van der Waals surface area contributed by atoms with Gasteiger partial charge in [-0.3, -0.25) is 4.79 Å². The molecule has 15 heteroatoms. The first-order chi connectivity index (χ1) is 25.4. The molecule has 2 aliphatic heterocycles. The number of benzene rings is 2. The van der Waals surface area contributed by atoms with Crippen molar-refractivity contribution in [3.8, 4) is 34.3 Å². The lowest BCUT2D eigenvalue weighted by molar-refractivity contribution is -0.131. The fourth-order valence-corrected chi connectivity index (χ4v) is 7.44. The van der Waals surface area contributed by atoms with Gasteiger partial charge in [-0.15, -0.1) is 22.7 Å². The van der Waals surface area contributed by atoms with Crippen LogP contribution in [0, 0.1) is 0 Å². The fraction of sp³-hybridized carbons (Fsp3) is 0.297. The van der Waals surface area contributed by atoms with Crippen molar-refractivity contribution < 1.29 is 33.3 Å². The second-order valence-corrected chi connectivity index (χ2v) is 13.5. The molecule has 2 aromatic carbocycles. The Balaban J connectivity index is 0.000000162. The number of carbonyl (C=O) groups is 2. The number of carbonyl (C=O) groups excluding carboxylic acids is 2. The van der Waals surface area contributed by atoms with Crippen LogP contribution in [0.4, 0.5) is 16.4 Å². The number of hydrogen-bond acceptors (Lipinski definition) is 15. The summed E-state index contributed by atoms with van der Waals surface area (Å²) in [5, 5.41) is 4.05. The van der Waals surface area contributed by atoms with Gasteiger partial charge in [0.15, 0.2) is 23.3 Å². The van der Waals surface area contributed by atoms with E-state index < -0.39 is 6.16 Å². The van der Waals surface area contributed by atoms with Gasteiger partial charge in [0.1, 0.15) is 11.5 Å². The molecule has 6 aromatic rings. The van der Waals surface area contributed by atoms with Crippen molar-refractivity contribution in [2.24, 2.45) is 0 Å². The highest BCUT2D eigenvalue weighted by Crippen LogP contribution is 2.34. The van der Waals surface area contributed by atoms with Gasteiger partial charge >= 0.3 is 12.1 Å². The van der Waals surface area contributed by atoms with Crippen LogP contribution in [0.2, 0.25) is 0 Å². The molecule has 2 fully saturated rings. The molecule has 0 radical (unpaired) electrons. The van der Waals surface area contributed by atoms with Crippen LogP contribution in [-0.2, 0) is 19.0 Å². The molecule has 2 aliphatic rings. The molecule has 0 amide bonds. The van der Waals surface area contributed by atoms with E-state index in [4.69, 9.17) is 33.7 Å². The van der Waals surface area contributed by atoms with Crippen molar-refractivity contribution in [1.29, 1.82) is 0 Å². The minimum absolute atomic E-state index is 0.263. The number of hydrogen-bond donors (Lipinski definition) is 0. The zero-order valence-corrected chi connectivity index (χ0v) is 30.3. The Morgan fingerprint density at radius 1 is 0.692 bits per heavy atom. The molecule has 0 unspecified atom stereocenters. The zero-order valence-electron chi connectivity index (χ0n) is 28.6. The highest BCUT2D eigenvalue weighted by Gasteiger charge is 2.21. The molecule has 8 rings (SSSR count). The SMILES string of the molecule is CC(=O)Oc1cccc(-c2nc(N3CCOCC3)c3sccc3n2)c1.CCOC(=O)Oc1cccc(-c2nc(N3CCOCC3)c3sccc3n2)c1. The van der Waals surface area contributed by atoms with Gasteiger partial charge in [0, 0.05) is 44.2 Å². The normalized spacial score (nSPS) is 14.5. The molecule has 52 heavy (non-hydrogen) atoms. The smallest absolute Gasteiger partial charge is 0.434 e. The molecule has 0 bridgehead atoms. The Bertz CT molecular complexity index is 2180. The van der Waals surface area contributed by atoms with E-state index in [0.717, 1.165) is 69.4 Å². The number of aromatic nitrogens is 4. The molecule has 0 saturated carbocycles. The first-order valence-corrected chi connectivity index (χ1v) is 18.6. The third-order valence-corrected chi connectivity index (χ3v) is 9.90. The van der Waals surface area contributed by atoms with Gasteiger partial charge in [-0.1, -0.05) is 24.3 Å². The van der Waals surface area contributed by atoms with Crippen molar-refractivity contribution in [1.82, 2.24) is 19.9 Å². The summed E-state index contributed by atoms with van der Waals surface area (Å²) in [6.45, 7) is 9.40. The highest BCUT2D eigenvalue weighted by atomic mass is 32.1. The Morgan fingerprint density at radius 3 is 1.63 bits per heavy atom. The Morgan fingerprint density at radius 2 is 1.17 bits per heavy atom. The van der Waals surface area contributed by atoms with Crippen molar-refractivity contribution in [3.05, 3.63) is 71.4 Å². The van der Waals surface area contributed by atoms with Gasteiger partial charge in [0.25, 0.3) is 0 Å². The van der Waals surface area contributed by atoms with E-state index in [1.807, 2.05) is 41.1 Å². The van der Waals surface area contributed by atoms with Gasteiger partial charge in [-0.25, -0.2) is 24.7 Å². The lowest BCUT2D eigenvalue weighted by Gasteiger charge is -2.28. The van der Waals surface area contributed by atoms with E-state index in [0.29, 0.717) is 49.6 Å². The van der Waals surface area contributed by atoms with Crippen molar-refractivity contribution in [2.45, 2.75) is 13.8 Å². The molecule has 6 heterocycles. The topological polar surface area (TPSA) is 138 Å². The standard InChI is InChI=1S/C19H19N3O4S.C18H17N3O3S/c1-2-25-19(23)26-14-5-3-4-13(12-14)17-20-15-6-11-27-16(15)18(21-17)22-7-9-24-10-8-22;1-12(22)24-14-4-2-3-13(11-14)17-19-15-5-10-25-16(15)18(20-17)21-6-8-23-9-7-21/h3-6,11-12H,2,7-10H2,1H3;2-5,10-11H,6-9H2,1H3. The average Bonchev–Trinajstić information content (AvgIpc) is 3.85. The largest absolute Gasteiger partial charge is 0.513 e. The number of thiophene rings is 2. The number of nitrogens with zero attached hydrogens (tertiary/aromatic N) is 6. The van der Waals surface area contributed by atoms with Crippen molar-refractivity contribution in [3.63, 3.8) is 0 Å². The molecule has 13 nitrogen and oxygen atoms in total. The van der Waals surface area contributed by atoms with Crippen LogP contribution < -0.4 is 19.3 Å². The van der Waals surface area contributed by atoms with E-state index in [9.17, 15) is 9.59 Å². The van der Waals surface area contributed by atoms with Gasteiger partial charge in [-0.05, 0) is 54.1 Å². The Hall–Kier alpha value is -5.22. The van der Waals surface area contributed by atoms with E-state index in [-0.39, 0.29) is 12.6 Å². The molecule has 0 N–H and O–H groups in total. The highest BCUT2D eigenvalue weighted by molar-refractivity contribution is 7.18. The van der Waals surface area contributed by atoms with Crippen LogP contribution in [0.25, 0.3) is 43.2 Å². The molecule has 2 saturated heterocycles. The zero-order chi connectivity index (χ0) is 35.9. The summed E-state index contributed by atoms with van der Waals surface area (Å²) in [6, 6.07) is 18.4. The maximum Gasteiger partial charge on any atom is 0.513 e. The average molecular weight is 741 g/mol. The predicted molar refractivity (Wildman–Crippen MR) is 201 cm³/mol. The quantitative estimate of drug-likeness (QED) is 0.0959.